The molecule has 0 N–H and O–H groups in total. The number of aryl methyl sites for hydroxylation is 2. The van der Waals surface area contributed by atoms with E-state index in [-0.39, 0.29) is 11.6 Å². The van der Waals surface area contributed by atoms with Gasteiger partial charge in [0.2, 0.25) is 0 Å². The van der Waals surface area contributed by atoms with Crippen molar-refractivity contribution >= 4 is 51.2 Å². The molecule has 2 atom stereocenters. The van der Waals surface area contributed by atoms with Crippen molar-refractivity contribution in [2.24, 2.45) is 0 Å². The normalized spacial score (nSPS) is 16.3. The van der Waals surface area contributed by atoms with Gasteiger partial charge in [-0.05, 0) is 151 Å². The predicted octanol–water partition coefficient (Wildman–Crippen LogP) is 18.0. The number of rotatable bonds is 9. The molecule has 0 spiro atoms. The van der Waals surface area contributed by atoms with Crippen LogP contribution in [0.2, 0.25) is 0 Å². The van der Waals surface area contributed by atoms with Gasteiger partial charge in [0.05, 0.1) is 16.5 Å². The fraction of sp³-hybridized carbons (Fsp3) is 0.0588. The fourth-order valence-corrected chi connectivity index (χ4v) is 12.1. The van der Waals surface area contributed by atoms with Crippen molar-refractivity contribution < 1.29 is 13.2 Å². The van der Waals surface area contributed by atoms with E-state index >= 15 is 8.78 Å². The van der Waals surface area contributed by atoms with Crippen LogP contribution in [-0.2, 0) is 10.8 Å². The molecule has 0 saturated heterocycles. The molecule has 1 heterocycles. The van der Waals surface area contributed by atoms with Gasteiger partial charge in [-0.1, -0.05) is 189 Å². The van der Waals surface area contributed by atoms with Crippen molar-refractivity contribution in [2.75, 3.05) is 4.90 Å². The van der Waals surface area contributed by atoms with Crippen molar-refractivity contribution in [3.8, 4) is 22.3 Å². The molecule has 10 aromatic carbocycles. The highest BCUT2D eigenvalue weighted by atomic mass is 19.1. The van der Waals surface area contributed by atoms with Gasteiger partial charge < -0.3 is 9.32 Å². The Bertz CT molecular complexity index is 3820. The number of hydrogen-bond acceptors (Lipinski definition) is 2. The summed E-state index contributed by atoms with van der Waals surface area (Å²) in [5.41, 5.74) is 17.7. The van der Waals surface area contributed by atoms with Gasteiger partial charge in [0.1, 0.15) is 17.2 Å². The van der Waals surface area contributed by atoms with Gasteiger partial charge in [-0.25, -0.2) is 8.78 Å². The highest BCUT2D eigenvalue weighted by molar-refractivity contribution is 6.10. The number of halogens is 2. The van der Waals surface area contributed by atoms with Crippen molar-refractivity contribution in [1.82, 2.24) is 0 Å². The summed E-state index contributed by atoms with van der Waals surface area (Å²) >= 11 is 0. The van der Waals surface area contributed by atoms with E-state index in [1.165, 1.54) is 0 Å². The van der Waals surface area contributed by atoms with Gasteiger partial charge in [-0.3, -0.25) is 0 Å². The lowest BCUT2D eigenvalue weighted by atomic mass is 9.67. The maximum atomic E-state index is 16.2. The van der Waals surface area contributed by atoms with Gasteiger partial charge in [-0.2, -0.15) is 0 Å². The fourth-order valence-electron chi connectivity index (χ4n) is 12.1. The van der Waals surface area contributed by atoms with Gasteiger partial charge in [0.25, 0.3) is 0 Å². The molecule has 72 heavy (non-hydrogen) atoms. The van der Waals surface area contributed by atoms with Crippen LogP contribution < -0.4 is 4.90 Å². The average Bonchev–Trinajstić information content (AvgIpc) is 4.06. The maximum absolute atomic E-state index is 16.2. The molecule has 11 aromatic rings. The number of fused-ring (bicyclic) bond motifs is 9. The monoisotopic (exact) mass is 931 g/mol. The Balaban J connectivity index is 1.13. The van der Waals surface area contributed by atoms with Crippen molar-refractivity contribution in [2.45, 2.75) is 24.7 Å². The first-order chi connectivity index (χ1) is 35.2. The lowest BCUT2D eigenvalue weighted by Crippen LogP contribution is -2.29. The molecule has 0 radical (unpaired) electrons. The van der Waals surface area contributed by atoms with Crippen LogP contribution in [0.1, 0.15) is 66.8 Å². The molecule has 344 valence electrons. The topological polar surface area (TPSA) is 16.4 Å². The molecule has 2 unspecified atom stereocenters. The number of furan rings is 1. The zero-order valence-electron chi connectivity index (χ0n) is 39.9. The summed E-state index contributed by atoms with van der Waals surface area (Å²) < 4.78 is 39.3. The van der Waals surface area contributed by atoms with Crippen LogP contribution in [0.15, 0.2) is 230 Å². The second kappa shape index (κ2) is 16.4. The molecule has 0 aliphatic heterocycles. The Hall–Kier alpha value is -8.86. The zero-order chi connectivity index (χ0) is 48.9. The minimum Gasteiger partial charge on any atom is -0.454 e. The SMILES string of the molecule is C=Cc1ccc(C2(c3ccc(C)c(F)c3)c3ccccc3-c3ccc(N(c4ccc5c(c4)C(c4ccc(C=C)cc4)(c4ccc(C)c(F)c4)c4ccccc4-5)c4cccc5c4oc4ccccc45)cc32)cc1. The Kier molecular flexibility index (Phi) is 9.81. The largest absolute Gasteiger partial charge is 0.454 e. The van der Waals surface area contributed by atoms with Gasteiger partial charge in [0, 0.05) is 22.1 Å². The summed E-state index contributed by atoms with van der Waals surface area (Å²) in [5, 5.41) is 2.02. The van der Waals surface area contributed by atoms with E-state index in [0.717, 1.165) is 117 Å². The number of anilines is 3. The molecule has 2 aliphatic rings. The molecule has 2 aliphatic carbocycles. The van der Waals surface area contributed by atoms with E-state index in [2.05, 4.69) is 188 Å². The second-order valence-electron chi connectivity index (χ2n) is 19.2. The highest BCUT2D eigenvalue weighted by Crippen LogP contribution is 2.60. The van der Waals surface area contributed by atoms with Gasteiger partial charge in [0.15, 0.2) is 5.58 Å². The molecule has 2 nitrogen and oxygen atoms in total. The highest BCUT2D eigenvalue weighted by Gasteiger charge is 2.49. The van der Waals surface area contributed by atoms with E-state index in [4.69, 9.17) is 4.42 Å². The third-order valence-corrected chi connectivity index (χ3v) is 15.6. The summed E-state index contributed by atoms with van der Waals surface area (Å²) in [4.78, 5) is 2.31. The average molecular weight is 932 g/mol. The molecule has 0 saturated carbocycles. The van der Waals surface area contributed by atoms with E-state index in [1.54, 1.807) is 12.1 Å². The summed E-state index contributed by atoms with van der Waals surface area (Å²) in [6.07, 6.45) is 3.70. The Morgan fingerprint density at radius 2 is 0.861 bits per heavy atom. The third kappa shape index (κ3) is 6.12. The number of hydrogen-bond donors (Lipinski definition) is 0. The third-order valence-electron chi connectivity index (χ3n) is 15.6. The van der Waals surface area contributed by atoms with E-state index in [9.17, 15) is 0 Å². The van der Waals surface area contributed by atoms with Gasteiger partial charge in [-0.15, -0.1) is 0 Å². The van der Waals surface area contributed by atoms with E-state index < -0.39 is 10.8 Å². The first-order valence-electron chi connectivity index (χ1n) is 24.4. The molecular formula is C68H47F2NO. The van der Waals surface area contributed by atoms with Crippen LogP contribution in [0.5, 0.6) is 0 Å². The van der Waals surface area contributed by atoms with Crippen LogP contribution in [-0.4, -0.2) is 0 Å². The van der Waals surface area contributed by atoms with Crippen molar-refractivity contribution in [3.05, 3.63) is 304 Å². The summed E-state index contributed by atoms with van der Waals surface area (Å²) in [7, 11) is 0. The summed E-state index contributed by atoms with van der Waals surface area (Å²) in [6, 6.07) is 73.4. The van der Waals surface area contributed by atoms with E-state index in [1.807, 2.05) is 56.3 Å². The predicted molar refractivity (Wildman–Crippen MR) is 293 cm³/mol. The van der Waals surface area contributed by atoms with Crippen LogP contribution in [0.25, 0.3) is 56.3 Å². The van der Waals surface area contributed by atoms with Crippen molar-refractivity contribution in [3.63, 3.8) is 0 Å². The van der Waals surface area contributed by atoms with Gasteiger partial charge >= 0.3 is 0 Å². The summed E-state index contributed by atoms with van der Waals surface area (Å²) in [6.45, 7) is 11.7. The number of para-hydroxylation sites is 2. The first kappa shape index (κ1) is 43.2. The van der Waals surface area contributed by atoms with E-state index in [0.29, 0.717) is 11.1 Å². The van der Waals surface area contributed by atoms with Crippen LogP contribution >= 0.6 is 0 Å². The van der Waals surface area contributed by atoms with Crippen molar-refractivity contribution in [1.29, 1.82) is 0 Å². The molecule has 0 fully saturated rings. The minimum atomic E-state index is -0.908. The lowest BCUT2D eigenvalue weighted by Gasteiger charge is -2.36. The quantitative estimate of drug-likeness (QED) is 0.143. The number of nitrogens with zero attached hydrogens (tertiary/aromatic N) is 1. The molecule has 0 amide bonds. The smallest absolute Gasteiger partial charge is 0.159 e. The minimum absolute atomic E-state index is 0.259. The Labute approximate surface area is 418 Å². The zero-order valence-corrected chi connectivity index (χ0v) is 39.9. The molecule has 1 aromatic heterocycles. The standard InChI is InChI=1S/C68H47F2NO/c1-5-44-24-30-46(31-25-44)67(48-28-22-42(3)62(69)38-48)58-18-10-7-14-52(58)54-36-34-50(40-60(54)67)71(64-20-13-17-57-56-16-9-12-21-65(56)72-66(57)64)51-35-37-55-53-15-8-11-19-59(53)68(61(55)41-51,47-32-26-45(6-2)27-33-47)49-29-23-43(4)63(70)39-49/h5-41H,1-2H2,3-4H3. The number of benzene rings is 10. The van der Waals surface area contributed by atoms with Crippen LogP contribution in [0, 0.1) is 25.5 Å². The molecular weight excluding hydrogens is 885 g/mol. The van der Waals surface area contributed by atoms with Crippen LogP contribution in [0.4, 0.5) is 25.8 Å². The lowest BCUT2D eigenvalue weighted by molar-refractivity contribution is 0.611. The summed E-state index contributed by atoms with van der Waals surface area (Å²) in [5.74, 6) is -0.518. The second-order valence-corrected chi connectivity index (χ2v) is 19.2. The molecule has 4 heteroatoms. The Morgan fingerprint density at radius 1 is 0.417 bits per heavy atom. The molecule has 0 bridgehead atoms. The maximum Gasteiger partial charge on any atom is 0.159 e. The van der Waals surface area contributed by atoms with Crippen LogP contribution in [0.3, 0.4) is 0 Å². The first-order valence-corrected chi connectivity index (χ1v) is 24.4. The Morgan fingerprint density at radius 3 is 1.36 bits per heavy atom. The molecule has 13 rings (SSSR count).